The molecule has 0 spiro atoms. The molecule has 1 N–H and O–H groups in total. The van der Waals surface area contributed by atoms with Gasteiger partial charge in [0.25, 0.3) is 5.91 Å². The van der Waals surface area contributed by atoms with E-state index in [4.69, 9.17) is 11.6 Å². The van der Waals surface area contributed by atoms with Gasteiger partial charge in [-0.3, -0.25) is 9.69 Å². The summed E-state index contributed by atoms with van der Waals surface area (Å²) in [6.45, 7) is 5.00. The molecule has 3 aromatic rings. The number of rotatable bonds is 5. The highest BCUT2D eigenvalue weighted by molar-refractivity contribution is 6.29. The standard InChI is InChI=1S/C25H26ClN3O/c1-18-4-2-6-20(14-18)21-7-3-5-19(15-21)17-29-12-10-23(11-13-29)28-25(30)22-8-9-24(26)27-16-22/h2-9,14-16,23H,10-13,17H2,1H3,(H,28,30). The molecule has 2 aromatic carbocycles. The van der Waals surface area contributed by atoms with Crippen molar-refractivity contribution in [2.75, 3.05) is 13.1 Å². The van der Waals surface area contributed by atoms with Gasteiger partial charge in [0.05, 0.1) is 5.56 Å². The molecule has 1 aromatic heterocycles. The van der Waals surface area contributed by atoms with Crippen LogP contribution in [0.5, 0.6) is 0 Å². The molecule has 154 valence electrons. The Balaban J connectivity index is 1.31. The fourth-order valence-corrected chi connectivity index (χ4v) is 4.06. The number of carbonyl (C=O) groups excluding carboxylic acids is 1. The maximum Gasteiger partial charge on any atom is 0.253 e. The van der Waals surface area contributed by atoms with Crippen LogP contribution in [0, 0.1) is 6.92 Å². The van der Waals surface area contributed by atoms with Gasteiger partial charge in [-0.1, -0.05) is 59.6 Å². The van der Waals surface area contributed by atoms with E-state index in [1.807, 2.05) is 0 Å². The maximum absolute atomic E-state index is 12.4. The Morgan fingerprint density at radius 1 is 1.07 bits per heavy atom. The molecule has 0 atom stereocenters. The van der Waals surface area contributed by atoms with E-state index in [0.29, 0.717) is 10.7 Å². The molecule has 5 heteroatoms. The van der Waals surface area contributed by atoms with Crippen LogP contribution in [0.25, 0.3) is 11.1 Å². The average Bonchev–Trinajstić information content (AvgIpc) is 2.76. The number of benzene rings is 2. The highest BCUT2D eigenvalue weighted by atomic mass is 35.5. The summed E-state index contributed by atoms with van der Waals surface area (Å²) in [6, 6.07) is 21.0. The summed E-state index contributed by atoms with van der Waals surface area (Å²) in [5, 5.41) is 3.52. The monoisotopic (exact) mass is 419 g/mol. The van der Waals surface area contributed by atoms with Gasteiger partial charge in [0, 0.05) is 31.9 Å². The van der Waals surface area contributed by atoms with Gasteiger partial charge in [-0.25, -0.2) is 4.98 Å². The fraction of sp³-hybridized carbons (Fsp3) is 0.280. The van der Waals surface area contributed by atoms with Gasteiger partial charge < -0.3 is 5.32 Å². The van der Waals surface area contributed by atoms with E-state index < -0.39 is 0 Å². The van der Waals surface area contributed by atoms with Crippen molar-refractivity contribution < 1.29 is 4.79 Å². The molecule has 4 rings (SSSR count). The zero-order valence-electron chi connectivity index (χ0n) is 17.1. The van der Waals surface area contributed by atoms with Crippen LogP contribution in [-0.4, -0.2) is 34.9 Å². The lowest BCUT2D eigenvalue weighted by molar-refractivity contribution is 0.0908. The van der Waals surface area contributed by atoms with Crippen molar-refractivity contribution in [1.82, 2.24) is 15.2 Å². The lowest BCUT2D eigenvalue weighted by Gasteiger charge is -2.32. The third-order valence-corrected chi connectivity index (χ3v) is 5.82. The van der Waals surface area contributed by atoms with Gasteiger partial charge in [0.15, 0.2) is 0 Å². The zero-order valence-corrected chi connectivity index (χ0v) is 17.9. The number of hydrogen-bond acceptors (Lipinski definition) is 3. The van der Waals surface area contributed by atoms with Crippen molar-refractivity contribution in [3.63, 3.8) is 0 Å². The van der Waals surface area contributed by atoms with Crippen molar-refractivity contribution >= 4 is 17.5 Å². The number of nitrogens with zero attached hydrogens (tertiary/aromatic N) is 2. The first-order chi connectivity index (χ1) is 14.6. The molecule has 2 heterocycles. The van der Waals surface area contributed by atoms with Crippen LogP contribution in [0.4, 0.5) is 0 Å². The van der Waals surface area contributed by atoms with Gasteiger partial charge >= 0.3 is 0 Å². The molecular weight excluding hydrogens is 394 g/mol. The fourth-order valence-electron chi connectivity index (χ4n) is 3.95. The Morgan fingerprint density at radius 2 is 1.80 bits per heavy atom. The molecule has 4 nitrogen and oxygen atoms in total. The first-order valence-corrected chi connectivity index (χ1v) is 10.8. The Hall–Kier alpha value is -2.69. The molecule has 0 radical (unpaired) electrons. The van der Waals surface area contributed by atoms with Crippen LogP contribution in [-0.2, 0) is 6.54 Å². The lowest BCUT2D eigenvalue weighted by Crippen LogP contribution is -2.44. The first kappa shape index (κ1) is 20.6. The van der Waals surface area contributed by atoms with E-state index in [-0.39, 0.29) is 11.9 Å². The van der Waals surface area contributed by atoms with Gasteiger partial charge in [0.2, 0.25) is 0 Å². The highest BCUT2D eigenvalue weighted by Gasteiger charge is 2.21. The number of piperidine rings is 1. The molecule has 0 aliphatic carbocycles. The number of halogens is 1. The lowest BCUT2D eigenvalue weighted by atomic mass is 10.00. The second-order valence-electron chi connectivity index (χ2n) is 7.96. The largest absolute Gasteiger partial charge is 0.349 e. The molecule has 1 fully saturated rings. The third kappa shape index (κ3) is 5.26. The van der Waals surface area contributed by atoms with Crippen LogP contribution in [0.3, 0.4) is 0 Å². The number of nitrogens with one attached hydrogen (secondary N) is 1. The van der Waals surface area contributed by atoms with Gasteiger partial charge in [-0.2, -0.15) is 0 Å². The molecule has 30 heavy (non-hydrogen) atoms. The zero-order chi connectivity index (χ0) is 20.9. The highest BCUT2D eigenvalue weighted by Crippen LogP contribution is 2.23. The summed E-state index contributed by atoms with van der Waals surface area (Å²) in [4.78, 5) is 18.8. The predicted molar refractivity (Wildman–Crippen MR) is 122 cm³/mol. The second-order valence-corrected chi connectivity index (χ2v) is 8.35. The summed E-state index contributed by atoms with van der Waals surface area (Å²) in [5.74, 6) is -0.0801. The van der Waals surface area contributed by atoms with Crippen molar-refractivity contribution in [2.24, 2.45) is 0 Å². The predicted octanol–water partition coefficient (Wildman–Crippen LogP) is 5.10. The summed E-state index contributed by atoms with van der Waals surface area (Å²) in [6.07, 6.45) is 3.42. The van der Waals surface area contributed by atoms with Gasteiger partial charge in [-0.05, 0) is 54.7 Å². The van der Waals surface area contributed by atoms with E-state index in [2.05, 4.69) is 70.7 Å². The van der Waals surface area contributed by atoms with E-state index in [9.17, 15) is 4.79 Å². The molecule has 0 unspecified atom stereocenters. The maximum atomic E-state index is 12.4. The van der Waals surface area contributed by atoms with Crippen LogP contribution >= 0.6 is 11.6 Å². The van der Waals surface area contributed by atoms with E-state index >= 15 is 0 Å². The Kier molecular flexibility index (Phi) is 6.46. The molecule has 0 bridgehead atoms. The molecule has 1 saturated heterocycles. The van der Waals surface area contributed by atoms with Crippen LogP contribution in [0.2, 0.25) is 5.15 Å². The van der Waals surface area contributed by atoms with Crippen LogP contribution < -0.4 is 5.32 Å². The second kappa shape index (κ2) is 9.41. The van der Waals surface area contributed by atoms with E-state index in [1.54, 1.807) is 12.1 Å². The minimum atomic E-state index is -0.0801. The Bertz CT molecular complexity index is 1010. The number of aromatic nitrogens is 1. The number of carbonyl (C=O) groups is 1. The Morgan fingerprint density at radius 3 is 2.50 bits per heavy atom. The minimum absolute atomic E-state index is 0.0801. The summed E-state index contributed by atoms with van der Waals surface area (Å²) in [5.41, 5.74) is 5.67. The molecular formula is C25H26ClN3O. The molecule has 1 aliphatic rings. The van der Waals surface area contributed by atoms with E-state index in [1.165, 1.54) is 28.5 Å². The number of hydrogen-bond donors (Lipinski definition) is 1. The SMILES string of the molecule is Cc1cccc(-c2cccc(CN3CCC(NC(=O)c4ccc(Cl)nc4)CC3)c2)c1. The van der Waals surface area contributed by atoms with Crippen LogP contribution in [0.15, 0.2) is 66.9 Å². The summed E-state index contributed by atoms with van der Waals surface area (Å²) >= 11 is 5.79. The number of aryl methyl sites for hydroxylation is 1. The topological polar surface area (TPSA) is 45.2 Å². The van der Waals surface area contributed by atoms with E-state index in [0.717, 1.165) is 32.5 Å². The normalized spacial score (nSPS) is 15.1. The number of likely N-dealkylation sites (tertiary alicyclic amines) is 1. The van der Waals surface area contributed by atoms with Crippen molar-refractivity contribution in [1.29, 1.82) is 0 Å². The summed E-state index contributed by atoms with van der Waals surface area (Å²) < 4.78 is 0. The van der Waals surface area contributed by atoms with Crippen molar-refractivity contribution in [3.05, 3.63) is 88.7 Å². The first-order valence-electron chi connectivity index (χ1n) is 10.4. The molecule has 1 amide bonds. The molecule has 0 saturated carbocycles. The molecule has 1 aliphatic heterocycles. The minimum Gasteiger partial charge on any atom is -0.349 e. The Labute approximate surface area is 182 Å². The summed E-state index contributed by atoms with van der Waals surface area (Å²) in [7, 11) is 0. The number of amides is 1. The number of pyridine rings is 1. The van der Waals surface area contributed by atoms with Crippen molar-refractivity contribution in [3.8, 4) is 11.1 Å². The van der Waals surface area contributed by atoms with Crippen LogP contribution in [0.1, 0.15) is 34.3 Å². The smallest absolute Gasteiger partial charge is 0.253 e. The quantitative estimate of drug-likeness (QED) is 0.585. The van der Waals surface area contributed by atoms with Gasteiger partial charge in [-0.15, -0.1) is 0 Å². The van der Waals surface area contributed by atoms with Crippen molar-refractivity contribution in [2.45, 2.75) is 32.4 Å². The third-order valence-electron chi connectivity index (χ3n) is 5.60. The average molecular weight is 420 g/mol. The van der Waals surface area contributed by atoms with Gasteiger partial charge in [0.1, 0.15) is 5.15 Å².